The van der Waals surface area contributed by atoms with Crippen LogP contribution in [0.2, 0.25) is 0 Å². The van der Waals surface area contributed by atoms with Crippen molar-refractivity contribution in [3.8, 4) is 5.82 Å². The van der Waals surface area contributed by atoms with Gasteiger partial charge >= 0.3 is 0 Å². The number of nitrogens with zero attached hydrogens (tertiary/aromatic N) is 4. The maximum absolute atomic E-state index is 12.5. The summed E-state index contributed by atoms with van der Waals surface area (Å²) >= 11 is 0. The first kappa shape index (κ1) is 18.4. The molecule has 0 spiro atoms. The van der Waals surface area contributed by atoms with Crippen molar-refractivity contribution in [3.05, 3.63) is 42.4 Å². The molecular weight excluding hydrogens is 325 g/mol. The Bertz CT molecular complexity index is 583. The van der Waals surface area contributed by atoms with Gasteiger partial charge in [-0.05, 0) is 31.2 Å². The van der Waals surface area contributed by atoms with Crippen molar-refractivity contribution >= 4 is 30.7 Å². The Morgan fingerprint density at radius 1 is 1.14 bits per heavy atom. The monoisotopic (exact) mass is 343 g/mol. The molecule has 2 aromatic heterocycles. The van der Waals surface area contributed by atoms with E-state index >= 15 is 0 Å². The molecule has 120 valence electrons. The molecule has 1 aliphatic rings. The number of nitrogens with one attached hydrogen (secondary N) is 1. The standard InChI is InChI=1S/C14H17N5O.2ClH/c20-14(18-9-2-6-15-8-11-18)12-4-1-5-13(17-12)19-10-3-7-16-19;;/h1,3-5,7,10,15H,2,6,8-9,11H2;2*1H. The molecule has 2 aromatic rings. The second-order valence-electron chi connectivity index (χ2n) is 4.73. The number of rotatable bonds is 2. The lowest BCUT2D eigenvalue weighted by molar-refractivity contribution is 0.0760. The van der Waals surface area contributed by atoms with Crippen molar-refractivity contribution in [3.63, 3.8) is 0 Å². The fourth-order valence-corrected chi connectivity index (χ4v) is 2.29. The fourth-order valence-electron chi connectivity index (χ4n) is 2.29. The molecule has 0 aliphatic carbocycles. The Balaban J connectivity index is 0.00000121. The Kier molecular flexibility index (Phi) is 7.31. The highest BCUT2D eigenvalue weighted by Gasteiger charge is 2.18. The average molecular weight is 344 g/mol. The lowest BCUT2D eigenvalue weighted by Gasteiger charge is -2.19. The van der Waals surface area contributed by atoms with Crippen molar-refractivity contribution < 1.29 is 4.79 Å². The molecule has 8 heteroatoms. The third-order valence-electron chi connectivity index (χ3n) is 3.32. The molecule has 6 nitrogen and oxygen atoms in total. The van der Waals surface area contributed by atoms with Gasteiger partial charge in [-0.1, -0.05) is 6.07 Å². The van der Waals surface area contributed by atoms with E-state index in [2.05, 4.69) is 15.4 Å². The summed E-state index contributed by atoms with van der Waals surface area (Å²) in [5, 5.41) is 7.42. The van der Waals surface area contributed by atoms with Gasteiger partial charge in [0.15, 0.2) is 5.82 Å². The highest BCUT2D eigenvalue weighted by molar-refractivity contribution is 5.92. The molecule has 1 fully saturated rings. The zero-order chi connectivity index (χ0) is 13.8. The molecule has 1 aliphatic heterocycles. The van der Waals surface area contributed by atoms with Crippen LogP contribution >= 0.6 is 24.8 Å². The zero-order valence-corrected chi connectivity index (χ0v) is 13.6. The number of carbonyl (C=O) groups is 1. The van der Waals surface area contributed by atoms with Gasteiger partial charge in [0, 0.05) is 32.0 Å². The smallest absolute Gasteiger partial charge is 0.272 e. The molecule has 1 amide bonds. The van der Waals surface area contributed by atoms with E-state index in [1.54, 1.807) is 16.9 Å². The lowest BCUT2D eigenvalue weighted by atomic mass is 10.3. The van der Waals surface area contributed by atoms with Gasteiger partial charge in [-0.15, -0.1) is 24.8 Å². The summed E-state index contributed by atoms with van der Waals surface area (Å²) in [5.74, 6) is 0.650. The van der Waals surface area contributed by atoms with Gasteiger partial charge in [-0.2, -0.15) is 5.10 Å². The molecule has 0 unspecified atom stereocenters. The highest BCUT2D eigenvalue weighted by atomic mass is 35.5. The molecule has 22 heavy (non-hydrogen) atoms. The third kappa shape index (κ3) is 4.19. The van der Waals surface area contributed by atoms with Crippen LogP contribution in [-0.2, 0) is 0 Å². The topological polar surface area (TPSA) is 63.1 Å². The minimum absolute atomic E-state index is 0. The molecule has 0 saturated carbocycles. The van der Waals surface area contributed by atoms with Crippen molar-refractivity contribution in [2.24, 2.45) is 0 Å². The molecule has 1 N–H and O–H groups in total. The van der Waals surface area contributed by atoms with Crippen LogP contribution in [0.25, 0.3) is 5.82 Å². The van der Waals surface area contributed by atoms with Crippen LogP contribution in [0.4, 0.5) is 0 Å². The Labute approximate surface area is 141 Å². The van der Waals surface area contributed by atoms with Gasteiger partial charge in [0.25, 0.3) is 5.91 Å². The van der Waals surface area contributed by atoms with Crippen LogP contribution in [0, 0.1) is 0 Å². The summed E-state index contributed by atoms with van der Waals surface area (Å²) in [5.41, 5.74) is 0.472. The number of aromatic nitrogens is 3. The van der Waals surface area contributed by atoms with E-state index in [4.69, 9.17) is 0 Å². The molecule has 0 aromatic carbocycles. The van der Waals surface area contributed by atoms with Gasteiger partial charge in [-0.25, -0.2) is 9.67 Å². The largest absolute Gasteiger partial charge is 0.336 e. The van der Waals surface area contributed by atoms with Crippen LogP contribution in [0.1, 0.15) is 16.9 Å². The maximum Gasteiger partial charge on any atom is 0.272 e. The number of pyridine rings is 1. The zero-order valence-electron chi connectivity index (χ0n) is 12.0. The number of hydrogen-bond donors (Lipinski definition) is 1. The van der Waals surface area contributed by atoms with E-state index in [1.807, 2.05) is 29.3 Å². The summed E-state index contributed by atoms with van der Waals surface area (Å²) in [4.78, 5) is 18.7. The van der Waals surface area contributed by atoms with Crippen molar-refractivity contribution in [2.45, 2.75) is 6.42 Å². The molecule has 0 bridgehead atoms. The van der Waals surface area contributed by atoms with E-state index in [0.29, 0.717) is 11.5 Å². The molecule has 3 rings (SSSR count). The summed E-state index contributed by atoms with van der Waals surface area (Å²) < 4.78 is 1.65. The van der Waals surface area contributed by atoms with E-state index in [-0.39, 0.29) is 30.7 Å². The fraction of sp³-hybridized carbons (Fsp3) is 0.357. The minimum Gasteiger partial charge on any atom is -0.336 e. The van der Waals surface area contributed by atoms with Crippen molar-refractivity contribution in [1.82, 2.24) is 25.0 Å². The molecule has 0 atom stereocenters. The second-order valence-corrected chi connectivity index (χ2v) is 4.73. The van der Waals surface area contributed by atoms with Gasteiger partial charge < -0.3 is 10.2 Å². The Hall–Kier alpha value is -1.63. The van der Waals surface area contributed by atoms with Crippen LogP contribution in [0.3, 0.4) is 0 Å². The quantitative estimate of drug-likeness (QED) is 0.898. The first-order valence-corrected chi connectivity index (χ1v) is 6.82. The average Bonchev–Trinajstić information content (AvgIpc) is 2.89. The molecular formula is C14H19Cl2N5O. The van der Waals surface area contributed by atoms with Crippen molar-refractivity contribution in [2.75, 3.05) is 26.2 Å². The van der Waals surface area contributed by atoms with Crippen molar-refractivity contribution in [1.29, 1.82) is 0 Å². The van der Waals surface area contributed by atoms with Gasteiger partial charge in [0.1, 0.15) is 5.69 Å². The highest BCUT2D eigenvalue weighted by Crippen LogP contribution is 2.08. The maximum atomic E-state index is 12.5. The van der Waals surface area contributed by atoms with E-state index in [0.717, 1.165) is 32.6 Å². The SMILES string of the molecule is Cl.Cl.O=C(c1cccc(-n2cccn2)n1)N1CCCNCC1. The predicted octanol–water partition coefficient (Wildman–Crippen LogP) is 1.55. The summed E-state index contributed by atoms with van der Waals surface area (Å²) in [6.07, 6.45) is 4.48. The first-order valence-electron chi connectivity index (χ1n) is 6.82. The normalized spacial score (nSPS) is 14.5. The van der Waals surface area contributed by atoms with Crippen LogP contribution in [-0.4, -0.2) is 51.8 Å². The molecule has 3 heterocycles. The lowest BCUT2D eigenvalue weighted by Crippen LogP contribution is -2.34. The Morgan fingerprint density at radius 2 is 2.00 bits per heavy atom. The minimum atomic E-state index is -0.0114. The van der Waals surface area contributed by atoms with Crippen LogP contribution < -0.4 is 5.32 Å². The van der Waals surface area contributed by atoms with Gasteiger partial charge in [-0.3, -0.25) is 4.79 Å². The Morgan fingerprint density at radius 3 is 2.77 bits per heavy atom. The van der Waals surface area contributed by atoms with Crippen LogP contribution in [0.15, 0.2) is 36.7 Å². The number of carbonyl (C=O) groups excluding carboxylic acids is 1. The number of hydrogen-bond acceptors (Lipinski definition) is 4. The summed E-state index contributed by atoms with van der Waals surface area (Å²) in [7, 11) is 0. The van der Waals surface area contributed by atoms with E-state index in [9.17, 15) is 4.79 Å². The van der Waals surface area contributed by atoms with E-state index < -0.39 is 0 Å². The molecule has 1 saturated heterocycles. The second kappa shape index (κ2) is 8.73. The first-order chi connectivity index (χ1) is 9.84. The predicted molar refractivity (Wildman–Crippen MR) is 89.2 cm³/mol. The number of amides is 1. The van der Waals surface area contributed by atoms with Gasteiger partial charge in [0.05, 0.1) is 0 Å². The third-order valence-corrected chi connectivity index (χ3v) is 3.32. The van der Waals surface area contributed by atoms with Crippen LogP contribution in [0.5, 0.6) is 0 Å². The number of halogens is 2. The van der Waals surface area contributed by atoms with E-state index in [1.165, 1.54) is 0 Å². The summed E-state index contributed by atoms with van der Waals surface area (Å²) in [6, 6.07) is 7.27. The van der Waals surface area contributed by atoms with Gasteiger partial charge in [0.2, 0.25) is 0 Å². The summed E-state index contributed by atoms with van der Waals surface area (Å²) in [6.45, 7) is 3.31. The molecule has 0 radical (unpaired) electrons.